The van der Waals surface area contributed by atoms with E-state index in [-0.39, 0.29) is 5.97 Å². The molecule has 0 aromatic heterocycles. The van der Waals surface area contributed by atoms with Crippen molar-refractivity contribution in [1.82, 2.24) is 5.32 Å². The SMILES string of the molecule is CCNC(C)(O)c1cccc(OC(=O)C(C)(C)C)c1. The molecule has 0 saturated carbocycles. The first-order chi connectivity index (χ1) is 8.66. The number of esters is 1. The molecule has 0 aliphatic rings. The van der Waals surface area contributed by atoms with E-state index in [1.807, 2.05) is 6.92 Å². The van der Waals surface area contributed by atoms with Crippen LogP contribution in [0.1, 0.15) is 40.2 Å². The van der Waals surface area contributed by atoms with Gasteiger partial charge >= 0.3 is 5.97 Å². The van der Waals surface area contributed by atoms with Crippen molar-refractivity contribution in [3.63, 3.8) is 0 Å². The molecule has 0 amide bonds. The first-order valence-electron chi connectivity index (χ1n) is 6.47. The van der Waals surface area contributed by atoms with Crippen molar-refractivity contribution in [2.75, 3.05) is 6.54 Å². The summed E-state index contributed by atoms with van der Waals surface area (Å²) in [6.07, 6.45) is 0. The fraction of sp³-hybridized carbons (Fsp3) is 0.533. The van der Waals surface area contributed by atoms with Crippen LogP contribution in [0.4, 0.5) is 0 Å². The van der Waals surface area contributed by atoms with Crippen molar-refractivity contribution in [1.29, 1.82) is 0 Å². The van der Waals surface area contributed by atoms with Crippen molar-refractivity contribution < 1.29 is 14.6 Å². The van der Waals surface area contributed by atoms with Crippen LogP contribution in [-0.4, -0.2) is 17.6 Å². The van der Waals surface area contributed by atoms with Gasteiger partial charge in [0.05, 0.1) is 5.41 Å². The third kappa shape index (κ3) is 4.33. The highest BCUT2D eigenvalue weighted by Gasteiger charge is 2.25. The highest BCUT2D eigenvalue weighted by molar-refractivity contribution is 5.77. The molecule has 1 atom stereocenters. The van der Waals surface area contributed by atoms with Gasteiger partial charge in [-0.3, -0.25) is 10.1 Å². The molecule has 0 aliphatic heterocycles. The summed E-state index contributed by atoms with van der Waals surface area (Å²) in [6.45, 7) is 9.62. The van der Waals surface area contributed by atoms with Gasteiger partial charge in [-0.15, -0.1) is 0 Å². The minimum absolute atomic E-state index is 0.298. The summed E-state index contributed by atoms with van der Waals surface area (Å²) in [6, 6.07) is 6.92. The molecule has 19 heavy (non-hydrogen) atoms. The third-order valence-corrected chi connectivity index (χ3v) is 2.74. The van der Waals surface area contributed by atoms with Gasteiger partial charge in [0.2, 0.25) is 0 Å². The molecule has 1 aromatic rings. The van der Waals surface area contributed by atoms with Gasteiger partial charge in [-0.1, -0.05) is 19.1 Å². The number of benzene rings is 1. The Kier molecular flexibility index (Phi) is 4.71. The van der Waals surface area contributed by atoms with E-state index in [9.17, 15) is 9.90 Å². The number of carbonyl (C=O) groups excluding carboxylic acids is 1. The predicted molar refractivity (Wildman–Crippen MR) is 74.8 cm³/mol. The Hall–Kier alpha value is -1.39. The molecule has 0 heterocycles. The van der Waals surface area contributed by atoms with Crippen molar-refractivity contribution in [3.05, 3.63) is 29.8 Å². The van der Waals surface area contributed by atoms with E-state index >= 15 is 0 Å². The molecule has 0 saturated heterocycles. The number of rotatable bonds is 4. The van der Waals surface area contributed by atoms with E-state index in [0.29, 0.717) is 17.9 Å². The van der Waals surface area contributed by atoms with E-state index in [1.165, 1.54) is 0 Å². The largest absolute Gasteiger partial charge is 0.426 e. The van der Waals surface area contributed by atoms with Gasteiger partial charge in [-0.05, 0) is 46.4 Å². The Morgan fingerprint density at radius 3 is 2.47 bits per heavy atom. The summed E-state index contributed by atoms with van der Waals surface area (Å²) in [5.41, 5.74) is -1.03. The minimum atomic E-state index is -1.14. The molecule has 0 bridgehead atoms. The molecule has 106 valence electrons. The van der Waals surface area contributed by atoms with Crippen molar-refractivity contribution in [3.8, 4) is 5.75 Å². The number of carbonyl (C=O) groups is 1. The molecular formula is C15H23NO3. The lowest BCUT2D eigenvalue weighted by atomic mass is 9.97. The molecular weight excluding hydrogens is 242 g/mol. The fourth-order valence-electron chi connectivity index (χ4n) is 1.57. The Morgan fingerprint density at radius 1 is 1.32 bits per heavy atom. The van der Waals surface area contributed by atoms with Gasteiger partial charge in [0, 0.05) is 5.56 Å². The van der Waals surface area contributed by atoms with Crippen LogP contribution in [0.3, 0.4) is 0 Å². The summed E-state index contributed by atoms with van der Waals surface area (Å²) in [7, 11) is 0. The molecule has 2 N–H and O–H groups in total. The zero-order valence-electron chi connectivity index (χ0n) is 12.3. The zero-order valence-corrected chi connectivity index (χ0v) is 12.3. The maximum absolute atomic E-state index is 11.8. The van der Waals surface area contributed by atoms with Gasteiger partial charge in [0.15, 0.2) is 0 Å². The van der Waals surface area contributed by atoms with Gasteiger partial charge in [0.1, 0.15) is 11.5 Å². The van der Waals surface area contributed by atoms with Gasteiger partial charge in [-0.25, -0.2) is 0 Å². The van der Waals surface area contributed by atoms with Crippen molar-refractivity contribution >= 4 is 5.97 Å². The van der Waals surface area contributed by atoms with Crippen LogP contribution in [0.5, 0.6) is 5.75 Å². The number of ether oxygens (including phenoxy) is 1. The monoisotopic (exact) mass is 265 g/mol. The van der Waals surface area contributed by atoms with E-state index < -0.39 is 11.1 Å². The van der Waals surface area contributed by atoms with Crippen LogP contribution in [0.25, 0.3) is 0 Å². The number of hydrogen-bond acceptors (Lipinski definition) is 4. The third-order valence-electron chi connectivity index (χ3n) is 2.74. The summed E-state index contributed by atoms with van der Waals surface area (Å²) >= 11 is 0. The first-order valence-corrected chi connectivity index (χ1v) is 6.47. The molecule has 4 nitrogen and oxygen atoms in total. The van der Waals surface area contributed by atoms with Crippen LogP contribution >= 0.6 is 0 Å². The van der Waals surface area contributed by atoms with E-state index in [0.717, 1.165) is 0 Å². The summed E-state index contributed by atoms with van der Waals surface area (Å²) in [4.78, 5) is 11.8. The van der Waals surface area contributed by atoms with Gasteiger partial charge in [0.25, 0.3) is 0 Å². The Balaban J connectivity index is 2.92. The van der Waals surface area contributed by atoms with Crippen LogP contribution < -0.4 is 10.1 Å². The van der Waals surface area contributed by atoms with Crippen molar-refractivity contribution in [2.24, 2.45) is 5.41 Å². The molecule has 0 spiro atoms. The molecule has 0 aliphatic carbocycles. The summed E-state index contributed by atoms with van der Waals surface area (Å²) in [5, 5.41) is 13.2. The summed E-state index contributed by atoms with van der Waals surface area (Å²) < 4.78 is 5.31. The minimum Gasteiger partial charge on any atom is -0.426 e. The normalized spacial score (nSPS) is 14.8. The maximum Gasteiger partial charge on any atom is 0.316 e. The Bertz CT molecular complexity index is 447. The average Bonchev–Trinajstić information content (AvgIpc) is 2.28. The van der Waals surface area contributed by atoms with Gasteiger partial charge in [-0.2, -0.15) is 0 Å². The highest BCUT2D eigenvalue weighted by atomic mass is 16.5. The lowest BCUT2D eigenvalue weighted by Crippen LogP contribution is -2.39. The molecule has 1 aromatic carbocycles. The average molecular weight is 265 g/mol. The van der Waals surface area contributed by atoms with Crippen LogP contribution in [-0.2, 0) is 10.5 Å². The van der Waals surface area contributed by atoms with Gasteiger partial charge < -0.3 is 9.84 Å². The fourth-order valence-corrected chi connectivity index (χ4v) is 1.57. The van der Waals surface area contributed by atoms with E-state index in [4.69, 9.17) is 4.74 Å². The number of aliphatic hydroxyl groups is 1. The lowest BCUT2D eigenvalue weighted by molar-refractivity contribution is -0.143. The second-order valence-electron chi connectivity index (χ2n) is 5.77. The van der Waals surface area contributed by atoms with E-state index in [1.54, 1.807) is 52.0 Å². The molecule has 0 radical (unpaired) electrons. The van der Waals surface area contributed by atoms with Crippen LogP contribution in [0, 0.1) is 5.41 Å². The standard InChI is InChI=1S/C15H23NO3/c1-6-16-15(5,18)11-8-7-9-12(10-11)19-13(17)14(2,3)4/h7-10,16,18H,6H2,1-5H3. The maximum atomic E-state index is 11.8. The Morgan fingerprint density at radius 2 is 1.95 bits per heavy atom. The molecule has 1 rings (SSSR count). The lowest BCUT2D eigenvalue weighted by Gasteiger charge is -2.25. The quantitative estimate of drug-likeness (QED) is 0.498. The number of hydrogen-bond donors (Lipinski definition) is 2. The number of nitrogens with one attached hydrogen (secondary N) is 1. The molecule has 0 fully saturated rings. The second kappa shape index (κ2) is 5.72. The van der Waals surface area contributed by atoms with Crippen LogP contribution in [0.2, 0.25) is 0 Å². The highest BCUT2D eigenvalue weighted by Crippen LogP contribution is 2.24. The van der Waals surface area contributed by atoms with E-state index in [2.05, 4.69) is 5.32 Å². The summed E-state index contributed by atoms with van der Waals surface area (Å²) in [5.74, 6) is 0.142. The predicted octanol–water partition coefficient (Wildman–Crippen LogP) is 2.41. The Labute approximate surface area is 114 Å². The zero-order chi connectivity index (χ0) is 14.7. The van der Waals surface area contributed by atoms with Crippen molar-refractivity contribution in [2.45, 2.75) is 40.3 Å². The topological polar surface area (TPSA) is 58.6 Å². The molecule has 4 heteroatoms. The van der Waals surface area contributed by atoms with Crippen LogP contribution in [0.15, 0.2) is 24.3 Å². The molecule has 1 unspecified atom stereocenters. The smallest absolute Gasteiger partial charge is 0.316 e. The second-order valence-corrected chi connectivity index (χ2v) is 5.77. The first kappa shape index (κ1) is 15.7.